The first-order chi connectivity index (χ1) is 9.65. The van der Waals surface area contributed by atoms with E-state index >= 15 is 0 Å². The lowest BCUT2D eigenvalue weighted by atomic mass is 9.83. The maximum Gasteiger partial charge on any atom is 0.172 e. The van der Waals surface area contributed by atoms with Gasteiger partial charge in [-0.25, -0.2) is 0 Å². The van der Waals surface area contributed by atoms with Crippen molar-refractivity contribution >= 4 is 15.9 Å². The number of benzene rings is 1. The highest BCUT2D eigenvalue weighted by Gasteiger charge is 2.23. The molecule has 0 aliphatic heterocycles. The number of halogens is 1. The zero-order valence-corrected chi connectivity index (χ0v) is 13.9. The number of ether oxygens (including phenoxy) is 1. The van der Waals surface area contributed by atoms with Crippen LogP contribution >= 0.6 is 15.9 Å². The minimum Gasteiger partial charge on any atom is -0.503 e. The van der Waals surface area contributed by atoms with E-state index in [9.17, 15) is 5.11 Å². The summed E-state index contributed by atoms with van der Waals surface area (Å²) in [6.45, 7) is 3.10. The molecule has 0 amide bonds. The van der Waals surface area contributed by atoms with Gasteiger partial charge in [-0.15, -0.1) is 0 Å². The third-order valence-corrected chi connectivity index (χ3v) is 4.91. The molecule has 112 valence electrons. The molecule has 1 fully saturated rings. The quantitative estimate of drug-likeness (QED) is 0.842. The van der Waals surface area contributed by atoms with Gasteiger partial charge in [0.25, 0.3) is 0 Å². The third-order valence-electron chi connectivity index (χ3n) is 4.31. The molecule has 3 nitrogen and oxygen atoms in total. The number of hydrogen-bond acceptors (Lipinski definition) is 3. The summed E-state index contributed by atoms with van der Waals surface area (Å²) in [7, 11) is 1.58. The van der Waals surface area contributed by atoms with Crippen LogP contribution in [0.4, 0.5) is 0 Å². The van der Waals surface area contributed by atoms with E-state index in [0.29, 0.717) is 16.3 Å². The molecule has 20 heavy (non-hydrogen) atoms. The summed E-state index contributed by atoms with van der Waals surface area (Å²) in [5, 5.41) is 13.5. The van der Waals surface area contributed by atoms with Crippen molar-refractivity contribution in [3.05, 3.63) is 22.2 Å². The van der Waals surface area contributed by atoms with Gasteiger partial charge in [-0.1, -0.05) is 26.2 Å². The standard InChI is InChI=1S/C16H24BrNO2/c1-3-12-6-4-5-7-14(12)18-10-11-8-13(17)16(19)15(9-11)20-2/h8-9,12,14,18-19H,3-7,10H2,1-2H3. The largest absolute Gasteiger partial charge is 0.503 e. The minimum absolute atomic E-state index is 0.167. The van der Waals surface area contributed by atoms with Crippen molar-refractivity contribution < 1.29 is 9.84 Å². The van der Waals surface area contributed by atoms with Gasteiger partial charge in [-0.3, -0.25) is 0 Å². The van der Waals surface area contributed by atoms with E-state index in [1.54, 1.807) is 7.11 Å². The van der Waals surface area contributed by atoms with Gasteiger partial charge in [0.05, 0.1) is 11.6 Å². The molecule has 1 aliphatic rings. The van der Waals surface area contributed by atoms with Crippen molar-refractivity contribution in [2.75, 3.05) is 7.11 Å². The molecule has 2 rings (SSSR count). The Balaban J connectivity index is 2.01. The summed E-state index contributed by atoms with van der Waals surface area (Å²) >= 11 is 3.37. The average Bonchev–Trinajstić information content (AvgIpc) is 2.48. The highest BCUT2D eigenvalue weighted by atomic mass is 79.9. The Hall–Kier alpha value is -0.740. The van der Waals surface area contributed by atoms with Crippen molar-refractivity contribution in [2.45, 2.75) is 51.6 Å². The van der Waals surface area contributed by atoms with Gasteiger partial charge in [0.1, 0.15) is 0 Å². The third kappa shape index (κ3) is 3.67. The average molecular weight is 342 g/mol. The Morgan fingerprint density at radius 2 is 2.10 bits per heavy atom. The summed E-state index contributed by atoms with van der Waals surface area (Å²) in [6, 6.07) is 4.47. The molecule has 1 aliphatic carbocycles. The van der Waals surface area contributed by atoms with Crippen LogP contribution in [0.25, 0.3) is 0 Å². The maximum absolute atomic E-state index is 9.83. The molecule has 2 atom stereocenters. The van der Waals surface area contributed by atoms with Crippen molar-refractivity contribution in [1.82, 2.24) is 5.32 Å². The van der Waals surface area contributed by atoms with Gasteiger partial charge >= 0.3 is 0 Å². The molecule has 0 bridgehead atoms. The van der Waals surface area contributed by atoms with Gasteiger partial charge in [0.15, 0.2) is 11.5 Å². The fraction of sp³-hybridized carbons (Fsp3) is 0.625. The first kappa shape index (κ1) is 15.6. The van der Waals surface area contributed by atoms with E-state index in [0.717, 1.165) is 18.0 Å². The number of phenols is 1. The summed E-state index contributed by atoms with van der Waals surface area (Å²) < 4.78 is 5.88. The molecule has 1 aromatic carbocycles. The monoisotopic (exact) mass is 341 g/mol. The zero-order valence-electron chi connectivity index (χ0n) is 12.3. The van der Waals surface area contributed by atoms with Gasteiger partial charge < -0.3 is 15.2 Å². The molecule has 0 heterocycles. The summed E-state index contributed by atoms with van der Waals surface area (Å²) in [6.07, 6.45) is 6.57. The smallest absolute Gasteiger partial charge is 0.172 e. The van der Waals surface area contributed by atoms with Crippen molar-refractivity contribution in [1.29, 1.82) is 0 Å². The molecule has 2 unspecified atom stereocenters. The zero-order chi connectivity index (χ0) is 14.5. The Labute approximate surface area is 129 Å². The summed E-state index contributed by atoms with van der Waals surface area (Å²) in [5.74, 6) is 1.48. The minimum atomic E-state index is 0.167. The fourth-order valence-electron chi connectivity index (χ4n) is 3.10. The molecular weight excluding hydrogens is 318 g/mol. The Kier molecular flexibility index (Phi) is 5.73. The van der Waals surface area contributed by atoms with Crippen molar-refractivity contribution in [2.24, 2.45) is 5.92 Å². The van der Waals surface area contributed by atoms with Gasteiger partial charge in [-0.05, 0) is 52.4 Å². The molecule has 2 N–H and O–H groups in total. The predicted molar refractivity (Wildman–Crippen MR) is 85.2 cm³/mol. The lowest BCUT2D eigenvalue weighted by molar-refractivity contribution is 0.254. The van der Waals surface area contributed by atoms with Gasteiger partial charge in [-0.2, -0.15) is 0 Å². The first-order valence-electron chi connectivity index (χ1n) is 7.44. The van der Waals surface area contributed by atoms with Crippen molar-refractivity contribution in [3.8, 4) is 11.5 Å². The highest BCUT2D eigenvalue weighted by molar-refractivity contribution is 9.10. The number of nitrogens with one attached hydrogen (secondary N) is 1. The molecule has 1 saturated carbocycles. The molecule has 0 radical (unpaired) electrons. The number of hydrogen-bond donors (Lipinski definition) is 2. The van der Waals surface area contributed by atoms with E-state index < -0.39 is 0 Å². The van der Waals surface area contributed by atoms with E-state index in [2.05, 4.69) is 28.2 Å². The Morgan fingerprint density at radius 3 is 2.80 bits per heavy atom. The SMILES string of the molecule is CCC1CCCCC1NCc1cc(Br)c(O)c(OC)c1. The molecule has 0 saturated heterocycles. The van der Waals surface area contributed by atoms with Crippen LogP contribution in [0.2, 0.25) is 0 Å². The highest BCUT2D eigenvalue weighted by Crippen LogP contribution is 2.35. The van der Waals surface area contributed by atoms with E-state index in [-0.39, 0.29) is 5.75 Å². The topological polar surface area (TPSA) is 41.5 Å². The molecule has 0 spiro atoms. The second-order valence-corrected chi connectivity index (χ2v) is 6.42. The molecule has 4 heteroatoms. The van der Waals surface area contributed by atoms with Crippen LogP contribution in [0.15, 0.2) is 16.6 Å². The fourth-order valence-corrected chi connectivity index (χ4v) is 3.59. The molecule has 1 aromatic rings. The first-order valence-corrected chi connectivity index (χ1v) is 8.23. The van der Waals surface area contributed by atoms with Crippen LogP contribution in [-0.2, 0) is 6.54 Å². The van der Waals surface area contributed by atoms with E-state index in [1.807, 2.05) is 12.1 Å². The number of aromatic hydroxyl groups is 1. The summed E-state index contributed by atoms with van der Waals surface area (Å²) in [4.78, 5) is 0. The lowest BCUT2D eigenvalue weighted by Gasteiger charge is -2.31. The van der Waals surface area contributed by atoms with E-state index in [1.165, 1.54) is 32.1 Å². The lowest BCUT2D eigenvalue weighted by Crippen LogP contribution is -2.37. The predicted octanol–water partition coefficient (Wildman–Crippen LogP) is 4.22. The van der Waals surface area contributed by atoms with Crippen LogP contribution in [0, 0.1) is 5.92 Å². The summed E-state index contributed by atoms with van der Waals surface area (Å²) in [5.41, 5.74) is 1.13. The maximum atomic E-state index is 9.83. The van der Waals surface area contributed by atoms with Crippen LogP contribution in [0.3, 0.4) is 0 Å². The van der Waals surface area contributed by atoms with E-state index in [4.69, 9.17) is 4.74 Å². The van der Waals surface area contributed by atoms with Gasteiger partial charge in [0, 0.05) is 12.6 Å². The van der Waals surface area contributed by atoms with Crippen LogP contribution in [-0.4, -0.2) is 18.3 Å². The van der Waals surface area contributed by atoms with Crippen molar-refractivity contribution in [3.63, 3.8) is 0 Å². The van der Waals surface area contributed by atoms with Gasteiger partial charge in [0.2, 0.25) is 0 Å². The normalized spacial score (nSPS) is 22.8. The van der Waals surface area contributed by atoms with Crippen LogP contribution in [0.5, 0.6) is 11.5 Å². The second kappa shape index (κ2) is 7.32. The number of methoxy groups -OCH3 is 1. The Morgan fingerprint density at radius 1 is 1.35 bits per heavy atom. The second-order valence-electron chi connectivity index (χ2n) is 5.57. The van der Waals surface area contributed by atoms with Crippen LogP contribution in [0.1, 0.15) is 44.6 Å². The number of phenolic OH excluding ortho intramolecular Hbond substituents is 1. The number of rotatable bonds is 5. The Bertz CT molecular complexity index is 450. The van der Waals surface area contributed by atoms with Crippen LogP contribution < -0.4 is 10.1 Å². The molecule has 0 aromatic heterocycles. The molecular formula is C16H24BrNO2.